The largest absolute Gasteiger partial charge is 0.465 e. The van der Waals surface area contributed by atoms with E-state index in [1.807, 2.05) is 0 Å². The number of carbonyl (C=O) groups excluding carboxylic acids is 1. The number of esters is 1. The van der Waals surface area contributed by atoms with Crippen LogP contribution in [-0.2, 0) is 19.6 Å². The van der Waals surface area contributed by atoms with Crippen LogP contribution in [0.5, 0.6) is 0 Å². The van der Waals surface area contributed by atoms with Gasteiger partial charge < -0.3 is 9.84 Å². The van der Waals surface area contributed by atoms with Gasteiger partial charge in [0.25, 0.3) is 10.1 Å². The van der Waals surface area contributed by atoms with E-state index < -0.39 is 27.5 Å². The fourth-order valence-electron chi connectivity index (χ4n) is 4.40. The third-order valence-corrected chi connectivity index (χ3v) is 6.10. The molecule has 2 aliphatic rings. The lowest BCUT2D eigenvalue weighted by atomic mass is 9.58. The van der Waals surface area contributed by atoms with Crippen LogP contribution in [0.2, 0.25) is 0 Å². The molecule has 4 atom stereocenters. The summed E-state index contributed by atoms with van der Waals surface area (Å²) in [7, 11) is -4.36. The van der Waals surface area contributed by atoms with Crippen molar-refractivity contribution in [3.63, 3.8) is 0 Å². The molecule has 8 heteroatoms. The number of fused-ring (bicyclic) bond motifs is 2. The van der Waals surface area contributed by atoms with Gasteiger partial charge in [0.05, 0.1) is 12.0 Å². The van der Waals surface area contributed by atoms with Crippen molar-refractivity contribution >= 4 is 16.1 Å². The summed E-state index contributed by atoms with van der Waals surface area (Å²) in [5.41, 5.74) is -0.532. The summed E-state index contributed by atoms with van der Waals surface area (Å²) in [5.74, 6) is -0.509. The summed E-state index contributed by atoms with van der Waals surface area (Å²) in [4.78, 5) is 12.6. The number of aliphatic hydroxyl groups excluding tert-OH is 1. The fourth-order valence-corrected chi connectivity index (χ4v) is 5.02. The fraction of sp³-hybridized carbons (Fsp3) is 0.938. The van der Waals surface area contributed by atoms with Crippen molar-refractivity contribution in [2.75, 3.05) is 19.0 Å². The van der Waals surface area contributed by atoms with Crippen LogP contribution in [0.3, 0.4) is 0 Å². The molecule has 2 bridgehead atoms. The Balaban J connectivity index is 1.87. The van der Waals surface area contributed by atoms with Crippen LogP contribution in [0.1, 0.15) is 51.4 Å². The molecule has 6 nitrogen and oxygen atoms in total. The van der Waals surface area contributed by atoms with Gasteiger partial charge in [0.15, 0.2) is 0 Å². The van der Waals surface area contributed by atoms with Gasteiger partial charge in [0.2, 0.25) is 0 Å². The highest BCUT2D eigenvalue weighted by atomic mass is 32.2. The highest BCUT2D eigenvalue weighted by Gasteiger charge is 2.48. The molecule has 140 valence electrons. The first kappa shape index (κ1) is 19.6. The van der Waals surface area contributed by atoms with E-state index in [0.717, 1.165) is 32.1 Å². The summed E-state index contributed by atoms with van der Waals surface area (Å²) in [6.45, 7) is -0.0751. The molecule has 0 spiro atoms. The number of rotatable bonds is 8. The molecule has 2 saturated carbocycles. The van der Waals surface area contributed by atoms with Crippen LogP contribution in [0.25, 0.3) is 0 Å². The maximum absolute atomic E-state index is 13.4. The summed E-state index contributed by atoms with van der Waals surface area (Å²) < 4.78 is 48.5. The SMILES string of the molecule is O=C(OCCC(F)CS(=O)(=O)O)C12CCCC(CC(CCO)C1)C2. The quantitative estimate of drug-likeness (QED) is 0.504. The second-order valence-electron chi connectivity index (χ2n) is 7.33. The third kappa shape index (κ3) is 5.39. The minimum absolute atomic E-state index is 0.113. The Labute approximate surface area is 142 Å². The van der Waals surface area contributed by atoms with Crippen LogP contribution in [0, 0.1) is 17.3 Å². The van der Waals surface area contributed by atoms with Crippen molar-refractivity contribution in [3.05, 3.63) is 0 Å². The standard InChI is InChI=1S/C16H27FO6S/c17-14(11-24(20,21)22)4-7-23-15(19)16-5-1-2-12(9-16)8-13(10-16)3-6-18/h12-14,18H,1-11H2,(H,20,21,22). The lowest BCUT2D eigenvalue weighted by Crippen LogP contribution is -2.44. The molecule has 2 aliphatic carbocycles. The third-order valence-electron chi connectivity index (χ3n) is 5.32. The predicted molar refractivity (Wildman–Crippen MR) is 85.7 cm³/mol. The van der Waals surface area contributed by atoms with Gasteiger partial charge in [0, 0.05) is 13.0 Å². The van der Waals surface area contributed by atoms with Gasteiger partial charge >= 0.3 is 5.97 Å². The zero-order valence-corrected chi connectivity index (χ0v) is 14.6. The topological polar surface area (TPSA) is 101 Å². The molecule has 0 aromatic heterocycles. The second kappa shape index (κ2) is 8.10. The van der Waals surface area contributed by atoms with Gasteiger partial charge in [-0.2, -0.15) is 8.42 Å². The molecule has 0 aromatic carbocycles. The Morgan fingerprint density at radius 3 is 2.79 bits per heavy atom. The van der Waals surface area contributed by atoms with Crippen molar-refractivity contribution in [2.45, 2.75) is 57.5 Å². The van der Waals surface area contributed by atoms with Crippen molar-refractivity contribution in [1.82, 2.24) is 0 Å². The Kier molecular flexibility index (Phi) is 6.61. The molecule has 0 amide bonds. The van der Waals surface area contributed by atoms with Crippen LogP contribution in [0.15, 0.2) is 0 Å². The summed E-state index contributed by atoms with van der Waals surface area (Å²) >= 11 is 0. The molecule has 0 heterocycles. The Morgan fingerprint density at radius 1 is 1.38 bits per heavy atom. The van der Waals surface area contributed by atoms with Gasteiger partial charge in [-0.15, -0.1) is 0 Å². The maximum atomic E-state index is 13.4. The molecule has 0 saturated heterocycles. The van der Waals surface area contributed by atoms with Crippen LogP contribution >= 0.6 is 0 Å². The average Bonchev–Trinajstić information content (AvgIpc) is 2.45. The van der Waals surface area contributed by atoms with Gasteiger partial charge in [-0.05, 0) is 43.9 Å². The first-order valence-electron chi connectivity index (χ1n) is 8.61. The van der Waals surface area contributed by atoms with E-state index in [1.54, 1.807) is 0 Å². The molecule has 2 N–H and O–H groups in total. The van der Waals surface area contributed by atoms with Gasteiger partial charge in [-0.1, -0.05) is 12.8 Å². The van der Waals surface area contributed by atoms with Crippen LogP contribution in [0.4, 0.5) is 4.39 Å². The summed E-state index contributed by atoms with van der Waals surface area (Å²) in [6, 6.07) is 0. The lowest BCUT2D eigenvalue weighted by Gasteiger charge is -2.46. The minimum Gasteiger partial charge on any atom is -0.465 e. The molecular weight excluding hydrogens is 339 g/mol. The molecule has 4 unspecified atom stereocenters. The predicted octanol–water partition coefficient (Wildman–Crippen LogP) is 2.11. The molecule has 24 heavy (non-hydrogen) atoms. The van der Waals surface area contributed by atoms with Crippen molar-refractivity contribution in [3.8, 4) is 0 Å². The Bertz CT molecular complexity index is 537. The van der Waals surface area contributed by atoms with E-state index in [4.69, 9.17) is 9.29 Å². The highest BCUT2D eigenvalue weighted by Crippen LogP contribution is 2.52. The van der Waals surface area contributed by atoms with E-state index in [9.17, 15) is 22.7 Å². The molecule has 2 rings (SSSR count). The van der Waals surface area contributed by atoms with E-state index >= 15 is 0 Å². The summed E-state index contributed by atoms with van der Waals surface area (Å²) in [5, 5.41) is 9.17. The average molecular weight is 366 g/mol. The van der Waals surface area contributed by atoms with E-state index in [0.29, 0.717) is 24.7 Å². The molecular formula is C16H27FO6S. The summed E-state index contributed by atoms with van der Waals surface area (Å²) in [6.07, 6.45) is 4.04. The Morgan fingerprint density at radius 2 is 2.12 bits per heavy atom. The number of alkyl halides is 1. The zero-order valence-electron chi connectivity index (χ0n) is 13.8. The monoisotopic (exact) mass is 366 g/mol. The zero-order chi connectivity index (χ0) is 17.8. The van der Waals surface area contributed by atoms with Crippen molar-refractivity contribution < 1.29 is 32.0 Å². The first-order valence-corrected chi connectivity index (χ1v) is 10.2. The van der Waals surface area contributed by atoms with Crippen molar-refractivity contribution in [2.24, 2.45) is 17.3 Å². The Hall–Kier alpha value is -0.730. The van der Waals surface area contributed by atoms with Gasteiger partial charge in [-0.25, -0.2) is 4.39 Å². The normalized spacial score (nSPS) is 31.5. The number of hydrogen-bond acceptors (Lipinski definition) is 5. The van der Waals surface area contributed by atoms with Crippen LogP contribution in [-0.4, -0.2) is 49.2 Å². The number of aliphatic hydroxyl groups is 1. The van der Waals surface area contributed by atoms with Crippen molar-refractivity contribution in [1.29, 1.82) is 0 Å². The van der Waals surface area contributed by atoms with E-state index in [2.05, 4.69) is 0 Å². The van der Waals surface area contributed by atoms with Gasteiger partial charge in [0.1, 0.15) is 11.9 Å². The lowest BCUT2D eigenvalue weighted by molar-refractivity contribution is -0.164. The maximum Gasteiger partial charge on any atom is 0.312 e. The first-order chi connectivity index (χ1) is 11.2. The van der Waals surface area contributed by atoms with Crippen LogP contribution < -0.4 is 0 Å². The minimum atomic E-state index is -4.36. The number of ether oxygens (including phenoxy) is 1. The molecule has 0 aromatic rings. The molecule has 0 radical (unpaired) electrons. The number of halogens is 1. The van der Waals surface area contributed by atoms with Gasteiger partial charge in [-0.3, -0.25) is 9.35 Å². The number of carbonyl (C=O) groups is 1. The second-order valence-corrected chi connectivity index (χ2v) is 8.83. The highest BCUT2D eigenvalue weighted by molar-refractivity contribution is 7.85. The molecule has 0 aliphatic heterocycles. The number of hydrogen-bond donors (Lipinski definition) is 2. The van der Waals surface area contributed by atoms with E-state index in [1.165, 1.54) is 0 Å². The van der Waals surface area contributed by atoms with E-state index in [-0.39, 0.29) is 25.6 Å². The smallest absolute Gasteiger partial charge is 0.312 e. The molecule has 2 fully saturated rings.